The second-order valence-corrected chi connectivity index (χ2v) is 6.44. The van der Waals surface area contributed by atoms with Gasteiger partial charge in [0.05, 0.1) is 0 Å². The Labute approximate surface area is 128 Å². The number of guanidine groups is 1. The van der Waals surface area contributed by atoms with E-state index in [2.05, 4.69) is 15.6 Å². The first kappa shape index (κ1) is 16.1. The molecule has 2 fully saturated rings. The molecular weight excluding hydrogens is 264 g/mol. The third kappa shape index (κ3) is 6.36. The number of carbonyl (C=O) groups is 1. The zero-order valence-corrected chi connectivity index (χ0v) is 13.1. The van der Waals surface area contributed by atoms with Gasteiger partial charge in [0.15, 0.2) is 5.96 Å². The summed E-state index contributed by atoms with van der Waals surface area (Å²) in [4.78, 5) is 16.0. The van der Waals surface area contributed by atoms with Gasteiger partial charge >= 0.3 is 0 Å². The molecule has 2 saturated carbocycles. The van der Waals surface area contributed by atoms with E-state index in [1.165, 1.54) is 44.9 Å². The maximum atomic E-state index is 11.9. The Kier molecular flexibility index (Phi) is 6.83. The minimum atomic E-state index is -0.00693. The molecule has 0 aromatic rings. The Morgan fingerprint density at radius 2 is 1.33 bits per heavy atom. The molecule has 120 valence electrons. The highest BCUT2D eigenvalue weighted by Gasteiger charge is 2.16. The molecule has 5 heteroatoms. The molecule has 0 bridgehead atoms. The van der Waals surface area contributed by atoms with Crippen molar-refractivity contribution in [3.8, 4) is 0 Å². The van der Waals surface area contributed by atoms with Gasteiger partial charge in [-0.05, 0) is 25.7 Å². The Balaban J connectivity index is 1.67. The van der Waals surface area contributed by atoms with Gasteiger partial charge in [-0.2, -0.15) is 0 Å². The van der Waals surface area contributed by atoms with Crippen LogP contribution in [0.25, 0.3) is 0 Å². The highest BCUT2D eigenvalue weighted by atomic mass is 16.1. The number of hydrogen-bond donors (Lipinski definition) is 3. The highest BCUT2D eigenvalue weighted by molar-refractivity contribution is 5.84. The molecule has 2 rings (SSSR count). The first-order valence-corrected chi connectivity index (χ1v) is 8.60. The van der Waals surface area contributed by atoms with Gasteiger partial charge in [-0.15, -0.1) is 0 Å². The summed E-state index contributed by atoms with van der Waals surface area (Å²) in [5.74, 6) is 0.410. The Morgan fingerprint density at radius 3 is 1.90 bits per heavy atom. The zero-order chi connectivity index (χ0) is 14.9. The van der Waals surface area contributed by atoms with Gasteiger partial charge in [0, 0.05) is 12.1 Å². The van der Waals surface area contributed by atoms with Crippen LogP contribution in [0.15, 0.2) is 4.99 Å². The SMILES string of the molecule is NC(=NCC(=O)NC1CCCCC1)NC1CCCCCC1. The summed E-state index contributed by atoms with van der Waals surface area (Å²) >= 11 is 0. The fourth-order valence-electron chi connectivity index (χ4n) is 3.36. The van der Waals surface area contributed by atoms with Crippen molar-refractivity contribution in [2.24, 2.45) is 10.7 Å². The van der Waals surface area contributed by atoms with Gasteiger partial charge in [0.2, 0.25) is 5.91 Å². The Hall–Kier alpha value is -1.26. The summed E-state index contributed by atoms with van der Waals surface area (Å²) in [7, 11) is 0. The van der Waals surface area contributed by atoms with Crippen molar-refractivity contribution in [3.63, 3.8) is 0 Å². The van der Waals surface area contributed by atoms with E-state index in [1.807, 2.05) is 0 Å². The van der Waals surface area contributed by atoms with Crippen molar-refractivity contribution >= 4 is 11.9 Å². The maximum Gasteiger partial charge on any atom is 0.242 e. The third-order valence-corrected chi connectivity index (χ3v) is 4.57. The summed E-state index contributed by atoms with van der Waals surface area (Å²) in [5.41, 5.74) is 5.90. The monoisotopic (exact) mass is 294 g/mol. The molecule has 0 heterocycles. The summed E-state index contributed by atoms with van der Waals surface area (Å²) in [6.07, 6.45) is 13.4. The molecule has 4 N–H and O–H groups in total. The molecule has 0 radical (unpaired) electrons. The summed E-state index contributed by atoms with van der Waals surface area (Å²) in [6.45, 7) is 0.141. The minimum Gasteiger partial charge on any atom is -0.370 e. The van der Waals surface area contributed by atoms with Gasteiger partial charge in [-0.1, -0.05) is 44.9 Å². The standard InChI is InChI=1S/C16H30N4O/c17-16(20-14-10-4-1-2-5-11-14)18-12-15(21)19-13-8-6-3-7-9-13/h13-14H,1-12H2,(H,19,21)(H3,17,18,20). The highest BCUT2D eigenvalue weighted by Crippen LogP contribution is 2.17. The molecule has 0 spiro atoms. The van der Waals surface area contributed by atoms with E-state index in [-0.39, 0.29) is 12.5 Å². The molecule has 5 nitrogen and oxygen atoms in total. The van der Waals surface area contributed by atoms with Crippen molar-refractivity contribution in [1.29, 1.82) is 0 Å². The number of nitrogens with two attached hydrogens (primary N) is 1. The molecule has 0 aliphatic heterocycles. The molecule has 1 amide bonds. The third-order valence-electron chi connectivity index (χ3n) is 4.57. The Bertz CT molecular complexity index is 342. The van der Waals surface area contributed by atoms with Gasteiger partial charge < -0.3 is 16.4 Å². The number of nitrogens with one attached hydrogen (secondary N) is 2. The van der Waals surface area contributed by atoms with E-state index in [9.17, 15) is 4.79 Å². The lowest BCUT2D eigenvalue weighted by atomic mass is 9.95. The average molecular weight is 294 g/mol. The molecule has 21 heavy (non-hydrogen) atoms. The quantitative estimate of drug-likeness (QED) is 0.422. The zero-order valence-electron chi connectivity index (χ0n) is 13.1. The predicted molar refractivity (Wildman–Crippen MR) is 86.1 cm³/mol. The summed E-state index contributed by atoms with van der Waals surface area (Å²) in [6, 6.07) is 0.773. The van der Waals surface area contributed by atoms with Crippen molar-refractivity contribution in [1.82, 2.24) is 10.6 Å². The number of amides is 1. The summed E-state index contributed by atoms with van der Waals surface area (Å²) < 4.78 is 0. The van der Waals surface area contributed by atoms with E-state index >= 15 is 0 Å². The number of hydrogen-bond acceptors (Lipinski definition) is 2. The lowest BCUT2D eigenvalue weighted by Crippen LogP contribution is -2.41. The van der Waals surface area contributed by atoms with E-state index in [0.717, 1.165) is 25.7 Å². The van der Waals surface area contributed by atoms with E-state index in [4.69, 9.17) is 5.73 Å². The summed E-state index contributed by atoms with van der Waals surface area (Å²) in [5, 5.41) is 6.32. The molecule has 2 aliphatic rings. The number of rotatable bonds is 4. The molecule has 0 saturated heterocycles. The first-order chi connectivity index (χ1) is 10.2. The first-order valence-electron chi connectivity index (χ1n) is 8.60. The van der Waals surface area contributed by atoms with Crippen LogP contribution in [0.5, 0.6) is 0 Å². The van der Waals surface area contributed by atoms with Crippen LogP contribution in [-0.2, 0) is 4.79 Å². The van der Waals surface area contributed by atoms with Crippen LogP contribution in [-0.4, -0.2) is 30.5 Å². The average Bonchev–Trinajstić information content (AvgIpc) is 2.75. The largest absolute Gasteiger partial charge is 0.370 e. The second kappa shape index (κ2) is 8.90. The van der Waals surface area contributed by atoms with E-state index < -0.39 is 0 Å². The predicted octanol–water partition coefficient (Wildman–Crippen LogP) is 2.06. The molecule has 0 aromatic carbocycles. The normalized spacial score (nSPS) is 22.6. The van der Waals surface area contributed by atoms with Crippen molar-refractivity contribution in [3.05, 3.63) is 0 Å². The van der Waals surface area contributed by atoms with Crippen molar-refractivity contribution < 1.29 is 4.79 Å². The number of nitrogens with zero attached hydrogens (tertiary/aromatic N) is 1. The molecule has 0 unspecified atom stereocenters. The van der Waals surface area contributed by atoms with E-state index in [1.54, 1.807) is 0 Å². The van der Waals surface area contributed by atoms with Crippen LogP contribution in [0.3, 0.4) is 0 Å². The van der Waals surface area contributed by atoms with Crippen LogP contribution in [0, 0.1) is 0 Å². The van der Waals surface area contributed by atoms with Crippen LogP contribution in [0.4, 0.5) is 0 Å². The van der Waals surface area contributed by atoms with Gasteiger partial charge in [-0.3, -0.25) is 4.79 Å². The van der Waals surface area contributed by atoms with Gasteiger partial charge in [0.1, 0.15) is 6.54 Å². The topological polar surface area (TPSA) is 79.5 Å². The lowest BCUT2D eigenvalue weighted by Gasteiger charge is -2.22. The lowest BCUT2D eigenvalue weighted by molar-refractivity contribution is -0.120. The van der Waals surface area contributed by atoms with Crippen molar-refractivity contribution in [2.75, 3.05) is 6.54 Å². The van der Waals surface area contributed by atoms with Crippen LogP contribution in [0.2, 0.25) is 0 Å². The van der Waals surface area contributed by atoms with Crippen LogP contribution >= 0.6 is 0 Å². The molecule has 0 aromatic heterocycles. The Morgan fingerprint density at radius 1 is 0.857 bits per heavy atom. The van der Waals surface area contributed by atoms with Gasteiger partial charge in [0.25, 0.3) is 0 Å². The number of carbonyl (C=O) groups excluding carboxylic acids is 1. The number of aliphatic imine (C=N–C) groups is 1. The fourth-order valence-corrected chi connectivity index (χ4v) is 3.36. The van der Waals surface area contributed by atoms with Crippen LogP contribution < -0.4 is 16.4 Å². The minimum absolute atomic E-state index is 0.00693. The smallest absolute Gasteiger partial charge is 0.242 e. The second-order valence-electron chi connectivity index (χ2n) is 6.44. The van der Waals surface area contributed by atoms with Crippen LogP contribution in [0.1, 0.15) is 70.6 Å². The van der Waals surface area contributed by atoms with Crippen molar-refractivity contribution in [2.45, 2.75) is 82.7 Å². The fraction of sp³-hybridized carbons (Fsp3) is 0.875. The molecule has 2 aliphatic carbocycles. The molecule has 0 atom stereocenters. The maximum absolute atomic E-state index is 11.9. The van der Waals surface area contributed by atoms with E-state index in [0.29, 0.717) is 18.0 Å². The molecular formula is C16H30N4O. The van der Waals surface area contributed by atoms with Gasteiger partial charge in [-0.25, -0.2) is 4.99 Å².